The number of carbonyl (C=O) groups excluding carboxylic acids is 1. The van der Waals surface area contributed by atoms with Crippen LogP contribution >= 0.6 is 0 Å². The van der Waals surface area contributed by atoms with Crippen molar-refractivity contribution in [1.29, 1.82) is 0 Å². The van der Waals surface area contributed by atoms with E-state index in [1.54, 1.807) is 4.90 Å². The summed E-state index contributed by atoms with van der Waals surface area (Å²) in [5, 5.41) is 2.79. The first-order chi connectivity index (χ1) is 14.6. The van der Waals surface area contributed by atoms with Gasteiger partial charge in [0, 0.05) is 13.1 Å². The average Bonchev–Trinajstić information content (AvgIpc) is 2.75. The minimum absolute atomic E-state index is 0.158. The van der Waals surface area contributed by atoms with E-state index in [0.29, 0.717) is 24.8 Å². The summed E-state index contributed by atoms with van der Waals surface area (Å²) in [5.74, 6) is 1.73. The predicted molar refractivity (Wildman–Crippen MR) is 118 cm³/mol. The summed E-state index contributed by atoms with van der Waals surface area (Å²) in [6.45, 7) is 5.61. The Hall–Kier alpha value is -3.09. The Kier molecular flexibility index (Phi) is 7.65. The van der Waals surface area contributed by atoms with Crippen LogP contribution in [0.25, 0.3) is 6.08 Å². The quantitative estimate of drug-likeness (QED) is 0.712. The zero-order valence-corrected chi connectivity index (χ0v) is 17.9. The summed E-state index contributed by atoms with van der Waals surface area (Å²) >= 11 is 0. The van der Waals surface area contributed by atoms with Gasteiger partial charge in [-0.1, -0.05) is 37.1 Å². The van der Waals surface area contributed by atoms with Gasteiger partial charge in [0.15, 0.2) is 5.82 Å². The number of hydrogen-bond donors (Lipinski definition) is 1. The molecule has 7 heteroatoms. The molecule has 1 aliphatic heterocycles. The number of aromatic nitrogens is 2. The zero-order valence-electron chi connectivity index (χ0n) is 17.9. The number of methoxy groups -OCH3 is 1. The summed E-state index contributed by atoms with van der Waals surface area (Å²) in [6.07, 6.45) is 9.25. The standard InChI is InChI=1S/C23H30N4O3/c1-4-6-17(2)30-20-8-5-7-19(14-20)13-18-9-11-27(12-10-18)23(28)26-21-15-25-22(29-3)16-24-21/h5,7-8,13-17H,4,6,9-12H2,1-3H3,(H,24,26,28). The Balaban J connectivity index is 1.53. The second kappa shape index (κ2) is 10.6. The molecule has 1 aromatic heterocycles. The molecular formula is C23H30N4O3. The van der Waals surface area contributed by atoms with Gasteiger partial charge in [-0.15, -0.1) is 0 Å². The Bertz CT molecular complexity index is 857. The zero-order chi connectivity index (χ0) is 21.3. The largest absolute Gasteiger partial charge is 0.491 e. The minimum atomic E-state index is -0.158. The molecule has 160 valence electrons. The van der Waals surface area contributed by atoms with E-state index < -0.39 is 0 Å². The van der Waals surface area contributed by atoms with Crippen LogP contribution in [0.4, 0.5) is 10.6 Å². The van der Waals surface area contributed by atoms with Gasteiger partial charge in [-0.2, -0.15) is 0 Å². The van der Waals surface area contributed by atoms with E-state index in [1.165, 1.54) is 25.1 Å². The van der Waals surface area contributed by atoms with Crippen LogP contribution in [0.5, 0.6) is 11.6 Å². The summed E-state index contributed by atoms with van der Waals surface area (Å²) in [5.41, 5.74) is 2.47. The second-order valence-electron chi connectivity index (χ2n) is 7.45. The molecule has 1 fully saturated rings. The Morgan fingerprint density at radius 1 is 1.27 bits per heavy atom. The minimum Gasteiger partial charge on any atom is -0.491 e. The number of ether oxygens (including phenoxy) is 2. The molecule has 1 aliphatic rings. The number of nitrogens with zero attached hydrogens (tertiary/aromatic N) is 3. The molecule has 0 radical (unpaired) electrons. The number of carbonyl (C=O) groups is 1. The highest BCUT2D eigenvalue weighted by atomic mass is 16.5. The van der Waals surface area contributed by atoms with Gasteiger partial charge < -0.3 is 14.4 Å². The number of amides is 2. The highest BCUT2D eigenvalue weighted by Gasteiger charge is 2.19. The fourth-order valence-electron chi connectivity index (χ4n) is 3.43. The summed E-state index contributed by atoms with van der Waals surface area (Å²) in [6, 6.07) is 8.04. The number of likely N-dealkylation sites (tertiary alicyclic amines) is 1. The number of rotatable bonds is 7. The maximum atomic E-state index is 12.5. The van der Waals surface area contributed by atoms with Crippen molar-refractivity contribution in [2.75, 3.05) is 25.5 Å². The molecule has 0 aliphatic carbocycles. The van der Waals surface area contributed by atoms with E-state index in [2.05, 4.69) is 47.3 Å². The lowest BCUT2D eigenvalue weighted by molar-refractivity contribution is 0.207. The van der Waals surface area contributed by atoms with Gasteiger partial charge in [0.1, 0.15) is 5.75 Å². The first kappa shape index (κ1) is 21.6. The monoisotopic (exact) mass is 410 g/mol. The van der Waals surface area contributed by atoms with E-state index in [0.717, 1.165) is 37.0 Å². The molecule has 1 unspecified atom stereocenters. The van der Waals surface area contributed by atoms with E-state index in [4.69, 9.17) is 9.47 Å². The van der Waals surface area contributed by atoms with Crippen molar-refractivity contribution < 1.29 is 14.3 Å². The van der Waals surface area contributed by atoms with E-state index in [1.807, 2.05) is 12.1 Å². The maximum Gasteiger partial charge on any atom is 0.323 e. The van der Waals surface area contributed by atoms with Gasteiger partial charge in [-0.25, -0.2) is 14.8 Å². The smallest absolute Gasteiger partial charge is 0.323 e. The fraction of sp³-hybridized carbons (Fsp3) is 0.435. The van der Waals surface area contributed by atoms with Gasteiger partial charge in [0.05, 0.1) is 25.6 Å². The number of piperidine rings is 1. The van der Waals surface area contributed by atoms with Crippen molar-refractivity contribution in [2.45, 2.75) is 45.6 Å². The highest BCUT2D eigenvalue weighted by molar-refractivity contribution is 5.88. The molecule has 0 saturated carbocycles. The van der Waals surface area contributed by atoms with E-state index in [9.17, 15) is 4.79 Å². The van der Waals surface area contributed by atoms with Crippen molar-refractivity contribution in [1.82, 2.24) is 14.9 Å². The number of benzene rings is 1. The van der Waals surface area contributed by atoms with Crippen molar-refractivity contribution in [3.63, 3.8) is 0 Å². The molecule has 1 N–H and O–H groups in total. The molecule has 1 atom stereocenters. The second-order valence-corrected chi connectivity index (χ2v) is 7.45. The van der Waals surface area contributed by atoms with Crippen LogP contribution in [0, 0.1) is 0 Å². The molecule has 7 nitrogen and oxygen atoms in total. The van der Waals surface area contributed by atoms with Crippen LogP contribution in [-0.4, -0.2) is 47.2 Å². The maximum absolute atomic E-state index is 12.5. The van der Waals surface area contributed by atoms with Crippen LogP contribution < -0.4 is 14.8 Å². The van der Waals surface area contributed by atoms with E-state index in [-0.39, 0.29) is 12.1 Å². The SMILES string of the molecule is CCCC(C)Oc1cccc(C=C2CCN(C(=O)Nc3cnc(OC)cn3)CC2)c1. The number of anilines is 1. The first-order valence-electron chi connectivity index (χ1n) is 10.5. The Morgan fingerprint density at radius 2 is 2.07 bits per heavy atom. The lowest BCUT2D eigenvalue weighted by atomic mass is 10.0. The molecule has 3 rings (SSSR count). The lowest BCUT2D eigenvalue weighted by Crippen LogP contribution is -2.39. The van der Waals surface area contributed by atoms with Gasteiger partial charge in [0.25, 0.3) is 0 Å². The molecular weight excluding hydrogens is 380 g/mol. The topological polar surface area (TPSA) is 76.6 Å². The third-order valence-corrected chi connectivity index (χ3v) is 5.03. The molecule has 0 bridgehead atoms. The highest BCUT2D eigenvalue weighted by Crippen LogP contribution is 2.23. The number of hydrogen-bond acceptors (Lipinski definition) is 5. The average molecular weight is 411 g/mol. The molecule has 2 aromatic rings. The summed E-state index contributed by atoms with van der Waals surface area (Å²) in [7, 11) is 1.53. The van der Waals surface area contributed by atoms with Gasteiger partial charge >= 0.3 is 6.03 Å². The predicted octanol–water partition coefficient (Wildman–Crippen LogP) is 4.76. The van der Waals surface area contributed by atoms with Crippen LogP contribution in [-0.2, 0) is 0 Å². The molecule has 2 amide bonds. The van der Waals surface area contributed by atoms with Gasteiger partial charge in [-0.3, -0.25) is 5.32 Å². The van der Waals surface area contributed by atoms with Crippen LogP contribution in [0.2, 0.25) is 0 Å². The van der Waals surface area contributed by atoms with Crippen LogP contribution in [0.1, 0.15) is 45.1 Å². The third kappa shape index (κ3) is 6.20. The van der Waals surface area contributed by atoms with Crippen molar-refractivity contribution in [3.05, 3.63) is 47.8 Å². The molecule has 1 aromatic carbocycles. The lowest BCUT2D eigenvalue weighted by Gasteiger charge is -2.28. The third-order valence-electron chi connectivity index (χ3n) is 5.03. The molecule has 30 heavy (non-hydrogen) atoms. The van der Waals surface area contributed by atoms with E-state index >= 15 is 0 Å². The van der Waals surface area contributed by atoms with Crippen molar-refractivity contribution in [3.8, 4) is 11.6 Å². The Morgan fingerprint density at radius 3 is 2.73 bits per heavy atom. The van der Waals surface area contributed by atoms with Crippen LogP contribution in [0.15, 0.2) is 42.2 Å². The van der Waals surface area contributed by atoms with Gasteiger partial charge in [-0.05, 0) is 43.9 Å². The fourth-order valence-corrected chi connectivity index (χ4v) is 3.43. The normalized spacial score (nSPS) is 14.8. The summed E-state index contributed by atoms with van der Waals surface area (Å²) in [4.78, 5) is 22.4. The Labute approximate surface area is 178 Å². The van der Waals surface area contributed by atoms with Crippen molar-refractivity contribution in [2.24, 2.45) is 0 Å². The molecule has 1 saturated heterocycles. The molecule has 0 spiro atoms. The number of urea groups is 1. The van der Waals surface area contributed by atoms with Gasteiger partial charge in [0.2, 0.25) is 5.88 Å². The van der Waals surface area contributed by atoms with Crippen molar-refractivity contribution >= 4 is 17.9 Å². The van der Waals surface area contributed by atoms with Crippen LogP contribution in [0.3, 0.4) is 0 Å². The molecule has 2 heterocycles. The number of nitrogens with one attached hydrogen (secondary N) is 1. The first-order valence-corrected chi connectivity index (χ1v) is 10.5. The summed E-state index contributed by atoms with van der Waals surface area (Å²) < 4.78 is 11.0.